The molecule has 2 aromatic carbocycles. The van der Waals surface area contributed by atoms with Gasteiger partial charge in [-0.25, -0.2) is 0 Å². The molecule has 0 aliphatic rings. The topological polar surface area (TPSA) is 58.2 Å². The summed E-state index contributed by atoms with van der Waals surface area (Å²) in [7, 11) is 0. The number of amides is 2. The van der Waals surface area contributed by atoms with Gasteiger partial charge in [-0.2, -0.15) is 0 Å². The van der Waals surface area contributed by atoms with Crippen molar-refractivity contribution in [2.75, 3.05) is 0 Å². The second kappa shape index (κ2) is 10.2. The smallest absolute Gasteiger partial charge is 0.268 e. The van der Waals surface area contributed by atoms with Crippen molar-refractivity contribution in [2.24, 2.45) is 0 Å². The zero-order valence-corrected chi connectivity index (χ0v) is 19.2. The van der Waals surface area contributed by atoms with Crippen LogP contribution in [0, 0.1) is 20.8 Å². The Morgan fingerprint density at radius 1 is 1.00 bits per heavy atom. The number of nitrogens with one attached hydrogen (secondary N) is 2. The summed E-state index contributed by atoms with van der Waals surface area (Å²) in [5.41, 5.74) is 5.15. The lowest BCUT2D eigenvalue weighted by Crippen LogP contribution is -2.37. The summed E-state index contributed by atoms with van der Waals surface area (Å²) < 4.78 is 0. The van der Waals surface area contributed by atoms with Crippen LogP contribution in [-0.2, 0) is 4.79 Å². The maximum atomic E-state index is 13.2. The zero-order chi connectivity index (χ0) is 22.4. The van der Waals surface area contributed by atoms with E-state index in [0.29, 0.717) is 5.56 Å². The van der Waals surface area contributed by atoms with Crippen LogP contribution in [0.4, 0.5) is 0 Å². The molecule has 4 nitrogen and oxygen atoms in total. The second-order valence-corrected chi connectivity index (χ2v) is 8.67. The summed E-state index contributed by atoms with van der Waals surface area (Å²) >= 11 is 1.51. The standard InChI is InChI=1S/C26H28N2O2S/c1-5-23(22-12-11-18(3)14-19(22)4)27-26(30)24(16-21-10-7-13-31-21)28-25(29)20-9-6-8-17(2)15-20/h6-16,23H,5H2,1-4H3,(H,27,30)(H,28,29)/b24-16-/t23-/m1/s1. The Balaban J connectivity index is 1.86. The van der Waals surface area contributed by atoms with E-state index in [4.69, 9.17) is 0 Å². The van der Waals surface area contributed by atoms with Crippen molar-refractivity contribution < 1.29 is 9.59 Å². The monoisotopic (exact) mass is 432 g/mol. The van der Waals surface area contributed by atoms with Crippen LogP contribution >= 0.6 is 11.3 Å². The molecule has 1 heterocycles. The Kier molecular flexibility index (Phi) is 7.42. The van der Waals surface area contributed by atoms with Gasteiger partial charge in [0.1, 0.15) is 5.70 Å². The molecule has 0 radical (unpaired) electrons. The fourth-order valence-corrected chi connectivity index (χ4v) is 4.16. The molecule has 0 unspecified atom stereocenters. The van der Waals surface area contributed by atoms with Gasteiger partial charge in [0.25, 0.3) is 11.8 Å². The highest BCUT2D eigenvalue weighted by atomic mass is 32.1. The van der Waals surface area contributed by atoms with Gasteiger partial charge in [-0.15, -0.1) is 11.3 Å². The molecule has 3 aromatic rings. The zero-order valence-electron chi connectivity index (χ0n) is 18.4. The van der Waals surface area contributed by atoms with Gasteiger partial charge in [0.2, 0.25) is 0 Å². The number of carbonyl (C=O) groups excluding carboxylic acids is 2. The molecule has 31 heavy (non-hydrogen) atoms. The summed E-state index contributed by atoms with van der Waals surface area (Å²) in [5, 5.41) is 7.87. The molecule has 3 rings (SSSR count). The van der Waals surface area contributed by atoms with E-state index in [1.807, 2.05) is 43.5 Å². The number of rotatable bonds is 7. The molecule has 2 N–H and O–H groups in total. The molecule has 0 fully saturated rings. The van der Waals surface area contributed by atoms with Gasteiger partial charge in [0.15, 0.2) is 0 Å². The molecule has 0 aliphatic heterocycles. The number of hydrogen-bond donors (Lipinski definition) is 2. The van der Waals surface area contributed by atoms with Crippen molar-refractivity contribution in [3.8, 4) is 0 Å². The number of carbonyl (C=O) groups is 2. The lowest BCUT2D eigenvalue weighted by atomic mass is 9.97. The van der Waals surface area contributed by atoms with Gasteiger partial charge >= 0.3 is 0 Å². The van der Waals surface area contributed by atoms with E-state index in [2.05, 4.69) is 42.7 Å². The molecule has 0 spiro atoms. The van der Waals surface area contributed by atoms with Crippen LogP contribution in [0.3, 0.4) is 0 Å². The van der Waals surface area contributed by atoms with Gasteiger partial charge < -0.3 is 10.6 Å². The van der Waals surface area contributed by atoms with Crippen molar-refractivity contribution in [1.82, 2.24) is 10.6 Å². The van der Waals surface area contributed by atoms with E-state index >= 15 is 0 Å². The number of hydrogen-bond acceptors (Lipinski definition) is 3. The number of aryl methyl sites for hydroxylation is 3. The van der Waals surface area contributed by atoms with Gasteiger partial charge in [-0.3, -0.25) is 9.59 Å². The fraction of sp³-hybridized carbons (Fsp3) is 0.231. The van der Waals surface area contributed by atoms with E-state index in [0.717, 1.165) is 28.0 Å². The van der Waals surface area contributed by atoms with Gasteiger partial charge in [0.05, 0.1) is 6.04 Å². The molecule has 0 saturated carbocycles. The van der Waals surface area contributed by atoms with E-state index in [1.165, 1.54) is 16.9 Å². The Morgan fingerprint density at radius 2 is 1.77 bits per heavy atom. The minimum atomic E-state index is -0.304. The quantitative estimate of drug-likeness (QED) is 0.470. The highest BCUT2D eigenvalue weighted by Crippen LogP contribution is 2.22. The summed E-state index contributed by atoms with van der Waals surface area (Å²) in [6.07, 6.45) is 2.47. The highest BCUT2D eigenvalue weighted by Gasteiger charge is 2.20. The van der Waals surface area contributed by atoms with Gasteiger partial charge in [0, 0.05) is 10.4 Å². The average molecular weight is 433 g/mol. The Morgan fingerprint density at radius 3 is 2.42 bits per heavy atom. The van der Waals surface area contributed by atoms with Crippen molar-refractivity contribution in [3.05, 3.63) is 98.4 Å². The molecule has 1 aromatic heterocycles. The van der Waals surface area contributed by atoms with Crippen LogP contribution in [0.2, 0.25) is 0 Å². The maximum absolute atomic E-state index is 13.2. The van der Waals surface area contributed by atoms with Gasteiger partial charge in [-0.1, -0.05) is 54.4 Å². The van der Waals surface area contributed by atoms with Crippen molar-refractivity contribution in [1.29, 1.82) is 0 Å². The SMILES string of the molecule is CC[C@@H](NC(=O)/C(=C/c1cccs1)NC(=O)c1cccc(C)c1)c1ccc(C)cc1C. The first kappa shape index (κ1) is 22.5. The average Bonchev–Trinajstić information content (AvgIpc) is 3.25. The van der Waals surface area contributed by atoms with E-state index in [-0.39, 0.29) is 23.6 Å². The summed E-state index contributed by atoms with van der Waals surface area (Å²) in [4.78, 5) is 27.0. The van der Waals surface area contributed by atoms with Crippen LogP contribution in [0.25, 0.3) is 6.08 Å². The van der Waals surface area contributed by atoms with Crippen LogP contribution < -0.4 is 10.6 Å². The van der Waals surface area contributed by atoms with E-state index in [1.54, 1.807) is 18.2 Å². The van der Waals surface area contributed by atoms with Crippen molar-refractivity contribution in [3.63, 3.8) is 0 Å². The van der Waals surface area contributed by atoms with Crippen molar-refractivity contribution in [2.45, 2.75) is 40.2 Å². The first-order valence-corrected chi connectivity index (χ1v) is 11.3. The Labute approximate surface area is 188 Å². The van der Waals surface area contributed by atoms with Gasteiger partial charge in [-0.05, 0) is 68.0 Å². The molecular weight excluding hydrogens is 404 g/mol. The Hall–Kier alpha value is -3.18. The third kappa shape index (κ3) is 5.92. The maximum Gasteiger partial charge on any atom is 0.268 e. The molecule has 2 amide bonds. The third-order valence-corrected chi connectivity index (χ3v) is 5.94. The largest absolute Gasteiger partial charge is 0.344 e. The molecule has 160 valence electrons. The number of thiophene rings is 1. The highest BCUT2D eigenvalue weighted by molar-refractivity contribution is 7.10. The van der Waals surface area contributed by atoms with E-state index in [9.17, 15) is 9.59 Å². The summed E-state index contributed by atoms with van der Waals surface area (Å²) in [6, 6.07) is 17.2. The fourth-order valence-electron chi connectivity index (χ4n) is 3.51. The second-order valence-electron chi connectivity index (χ2n) is 7.69. The van der Waals surface area contributed by atoms with Crippen LogP contribution in [0.15, 0.2) is 65.7 Å². The lowest BCUT2D eigenvalue weighted by molar-refractivity contribution is -0.118. The lowest BCUT2D eigenvalue weighted by Gasteiger charge is -2.21. The van der Waals surface area contributed by atoms with Crippen LogP contribution in [0.1, 0.15) is 56.9 Å². The minimum Gasteiger partial charge on any atom is -0.344 e. The minimum absolute atomic E-state index is 0.143. The summed E-state index contributed by atoms with van der Waals surface area (Å²) in [6.45, 7) is 8.08. The van der Waals surface area contributed by atoms with E-state index < -0.39 is 0 Å². The predicted molar refractivity (Wildman–Crippen MR) is 128 cm³/mol. The molecule has 5 heteroatoms. The first-order chi connectivity index (χ1) is 14.9. The molecule has 0 bridgehead atoms. The first-order valence-electron chi connectivity index (χ1n) is 10.4. The molecular formula is C26H28N2O2S. The predicted octanol–water partition coefficient (Wildman–Crippen LogP) is 5.71. The molecule has 0 aliphatic carbocycles. The normalized spacial score (nSPS) is 12.3. The third-order valence-electron chi connectivity index (χ3n) is 5.12. The van der Waals surface area contributed by atoms with Crippen LogP contribution in [0.5, 0.6) is 0 Å². The van der Waals surface area contributed by atoms with Crippen LogP contribution in [-0.4, -0.2) is 11.8 Å². The van der Waals surface area contributed by atoms with Crippen molar-refractivity contribution >= 4 is 29.2 Å². The Bertz CT molecular complexity index is 1100. The summed E-state index contributed by atoms with van der Waals surface area (Å²) in [5.74, 6) is -0.609. The molecule has 1 atom stereocenters. The number of benzene rings is 2. The molecule has 0 saturated heterocycles.